The van der Waals surface area contributed by atoms with E-state index in [4.69, 9.17) is 10.8 Å². The molecule has 2 nitrogen and oxygen atoms in total. The molecule has 0 aliphatic rings. The van der Waals surface area contributed by atoms with Gasteiger partial charge in [-0.2, -0.15) is 0 Å². The predicted octanol–water partition coefficient (Wildman–Crippen LogP) is 2.66. The first-order valence-corrected chi connectivity index (χ1v) is 5.87. The molecule has 0 bridgehead atoms. The largest absolute Gasteiger partial charge is 0.394 e. The number of thiophene rings is 1. The van der Waals surface area contributed by atoms with Gasteiger partial charge in [-0.25, -0.2) is 0 Å². The van der Waals surface area contributed by atoms with E-state index in [0.29, 0.717) is 0 Å². The van der Waals surface area contributed by atoms with Crippen molar-refractivity contribution >= 4 is 37.4 Å². The van der Waals surface area contributed by atoms with E-state index in [9.17, 15) is 0 Å². The third-order valence-electron chi connectivity index (χ3n) is 2.09. The number of rotatable bonds is 2. The number of hydrogen-bond acceptors (Lipinski definition) is 3. The Labute approximate surface area is 94.5 Å². The van der Waals surface area contributed by atoms with Gasteiger partial charge in [-0.1, -0.05) is 22.0 Å². The van der Waals surface area contributed by atoms with Crippen LogP contribution in [0.25, 0.3) is 10.1 Å². The number of nitrogens with two attached hydrogens (primary N) is 1. The van der Waals surface area contributed by atoms with Crippen LogP contribution in [0.1, 0.15) is 10.9 Å². The van der Waals surface area contributed by atoms with Crippen LogP contribution < -0.4 is 5.73 Å². The van der Waals surface area contributed by atoms with Crippen molar-refractivity contribution in [3.63, 3.8) is 0 Å². The van der Waals surface area contributed by atoms with Crippen molar-refractivity contribution in [1.29, 1.82) is 0 Å². The molecular formula is C10H10BrNOS. The Balaban J connectivity index is 2.56. The minimum absolute atomic E-state index is 0.00948. The first kappa shape index (κ1) is 10.1. The van der Waals surface area contributed by atoms with Crippen LogP contribution in [-0.4, -0.2) is 11.7 Å². The Morgan fingerprint density at radius 1 is 1.50 bits per heavy atom. The molecule has 2 aromatic rings. The van der Waals surface area contributed by atoms with E-state index in [-0.39, 0.29) is 12.6 Å². The molecule has 0 spiro atoms. The summed E-state index contributed by atoms with van der Waals surface area (Å²) in [5.41, 5.74) is 5.75. The second kappa shape index (κ2) is 3.98. The van der Waals surface area contributed by atoms with Crippen molar-refractivity contribution in [1.82, 2.24) is 0 Å². The highest BCUT2D eigenvalue weighted by atomic mass is 79.9. The van der Waals surface area contributed by atoms with Crippen LogP contribution in [-0.2, 0) is 0 Å². The van der Waals surface area contributed by atoms with Crippen molar-refractivity contribution in [3.05, 3.63) is 33.6 Å². The molecule has 0 saturated heterocycles. The van der Waals surface area contributed by atoms with Gasteiger partial charge in [0, 0.05) is 19.4 Å². The summed E-state index contributed by atoms with van der Waals surface area (Å²) < 4.78 is 2.26. The molecule has 0 aliphatic heterocycles. The van der Waals surface area contributed by atoms with Gasteiger partial charge in [0.15, 0.2) is 0 Å². The molecule has 3 N–H and O–H groups in total. The smallest absolute Gasteiger partial charge is 0.0632 e. The number of benzene rings is 1. The SMILES string of the molecule is N[C@H](CO)c1cc2c(Br)cccc2s1. The summed E-state index contributed by atoms with van der Waals surface area (Å²) in [6.07, 6.45) is 0. The molecule has 1 heterocycles. The van der Waals surface area contributed by atoms with Gasteiger partial charge < -0.3 is 10.8 Å². The van der Waals surface area contributed by atoms with Crippen LogP contribution in [0.5, 0.6) is 0 Å². The molecule has 0 saturated carbocycles. The second-order valence-corrected chi connectivity index (χ2v) is 5.06. The maximum atomic E-state index is 8.95. The lowest BCUT2D eigenvalue weighted by molar-refractivity contribution is 0.269. The second-order valence-electron chi connectivity index (χ2n) is 3.09. The van der Waals surface area contributed by atoms with Gasteiger partial charge in [-0.3, -0.25) is 0 Å². The molecular weight excluding hydrogens is 262 g/mol. The summed E-state index contributed by atoms with van der Waals surface area (Å²) in [7, 11) is 0. The quantitative estimate of drug-likeness (QED) is 0.882. The average Bonchev–Trinajstić information content (AvgIpc) is 2.62. The summed E-state index contributed by atoms with van der Waals surface area (Å²) in [6, 6.07) is 7.82. The number of aliphatic hydroxyl groups excluding tert-OH is 1. The Bertz CT molecular complexity index is 454. The van der Waals surface area contributed by atoms with Gasteiger partial charge in [0.2, 0.25) is 0 Å². The normalized spacial score (nSPS) is 13.4. The van der Waals surface area contributed by atoms with E-state index < -0.39 is 0 Å². The fourth-order valence-electron chi connectivity index (χ4n) is 1.32. The lowest BCUT2D eigenvalue weighted by atomic mass is 10.2. The molecule has 0 fully saturated rings. The van der Waals surface area contributed by atoms with E-state index in [1.165, 1.54) is 4.70 Å². The fraction of sp³-hybridized carbons (Fsp3) is 0.200. The summed E-state index contributed by atoms with van der Waals surface area (Å²) in [6.45, 7) is -0.00948. The topological polar surface area (TPSA) is 46.2 Å². The minimum atomic E-state index is -0.265. The number of fused-ring (bicyclic) bond motifs is 1. The Morgan fingerprint density at radius 2 is 2.29 bits per heavy atom. The van der Waals surface area contributed by atoms with Gasteiger partial charge in [-0.05, 0) is 18.2 Å². The van der Waals surface area contributed by atoms with Crippen molar-refractivity contribution < 1.29 is 5.11 Å². The van der Waals surface area contributed by atoms with Crippen LogP contribution in [0.2, 0.25) is 0 Å². The lowest BCUT2D eigenvalue weighted by Gasteiger charge is -2.02. The maximum absolute atomic E-state index is 8.95. The standard InChI is InChI=1S/C10H10BrNOS/c11-7-2-1-3-9-6(7)4-10(14-9)8(12)5-13/h1-4,8,13H,5,12H2/t8-/m1/s1. The average molecular weight is 272 g/mol. The molecule has 0 aliphatic carbocycles. The fourth-order valence-corrected chi connectivity index (χ4v) is 3.01. The maximum Gasteiger partial charge on any atom is 0.0632 e. The summed E-state index contributed by atoms with van der Waals surface area (Å²) >= 11 is 5.11. The molecule has 0 radical (unpaired) electrons. The van der Waals surface area contributed by atoms with Crippen molar-refractivity contribution in [2.24, 2.45) is 5.73 Å². The van der Waals surface area contributed by atoms with Crippen LogP contribution >= 0.6 is 27.3 Å². The zero-order chi connectivity index (χ0) is 10.1. The molecule has 74 valence electrons. The highest BCUT2D eigenvalue weighted by Gasteiger charge is 2.09. The molecule has 0 unspecified atom stereocenters. The zero-order valence-corrected chi connectivity index (χ0v) is 9.81. The Morgan fingerprint density at radius 3 is 2.93 bits per heavy atom. The van der Waals surface area contributed by atoms with Crippen LogP contribution in [0.15, 0.2) is 28.7 Å². The summed E-state index contributed by atoms with van der Waals surface area (Å²) in [5, 5.41) is 10.1. The third-order valence-corrected chi connectivity index (χ3v) is 4.01. The first-order valence-electron chi connectivity index (χ1n) is 4.27. The number of hydrogen-bond donors (Lipinski definition) is 2. The molecule has 4 heteroatoms. The van der Waals surface area contributed by atoms with Gasteiger partial charge >= 0.3 is 0 Å². The molecule has 2 rings (SSSR count). The summed E-state index contributed by atoms with van der Waals surface area (Å²) in [4.78, 5) is 1.02. The van der Waals surface area contributed by atoms with Crippen molar-refractivity contribution in [2.45, 2.75) is 6.04 Å². The summed E-state index contributed by atoms with van der Waals surface area (Å²) in [5.74, 6) is 0. The Kier molecular flexibility index (Phi) is 2.88. The predicted molar refractivity (Wildman–Crippen MR) is 63.5 cm³/mol. The Hall–Kier alpha value is -0.420. The molecule has 0 amide bonds. The van der Waals surface area contributed by atoms with Gasteiger partial charge in [0.1, 0.15) is 0 Å². The monoisotopic (exact) mass is 271 g/mol. The molecule has 1 aromatic carbocycles. The lowest BCUT2D eigenvalue weighted by Crippen LogP contribution is -2.12. The zero-order valence-electron chi connectivity index (χ0n) is 7.40. The molecule has 14 heavy (non-hydrogen) atoms. The molecule has 1 atom stereocenters. The van der Waals surface area contributed by atoms with Crippen molar-refractivity contribution in [3.8, 4) is 0 Å². The van der Waals surface area contributed by atoms with Gasteiger partial charge in [-0.15, -0.1) is 11.3 Å². The highest BCUT2D eigenvalue weighted by Crippen LogP contribution is 2.33. The highest BCUT2D eigenvalue weighted by molar-refractivity contribution is 9.10. The first-order chi connectivity index (χ1) is 6.72. The van der Waals surface area contributed by atoms with E-state index in [1.54, 1.807) is 11.3 Å². The van der Waals surface area contributed by atoms with Gasteiger partial charge in [0.05, 0.1) is 12.6 Å². The van der Waals surface area contributed by atoms with E-state index in [2.05, 4.69) is 22.0 Å². The van der Waals surface area contributed by atoms with E-state index in [1.807, 2.05) is 18.2 Å². The van der Waals surface area contributed by atoms with E-state index >= 15 is 0 Å². The third kappa shape index (κ3) is 1.70. The van der Waals surface area contributed by atoms with Gasteiger partial charge in [0.25, 0.3) is 0 Å². The van der Waals surface area contributed by atoms with Crippen LogP contribution in [0.4, 0.5) is 0 Å². The van der Waals surface area contributed by atoms with E-state index in [0.717, 1.165) is 14.7 Å². The minimum Gasteiger partial charge on any atom is -0.394 e. The van der Waals surface area contributed by atoms with Crippen molar-refractivity contribution in [2.75, 3.05) is 6.61 Å². The number of halogens is 1. The van der Waals surface area contributed by atoms with Crippen LogP contribution in [0, 0.1) is 0 Å². The molecule has 1 aromatic heterocycles. The number of aliphatic hydroxyl groups is 1. The van der Waals surface area contributed by atoms with Crippen LogP contribution in [0.3, 0.4) is 0 Å².